The Balaban J connectivity index is 1.89. The second-order valence-electron chi connectivity index (χ2n) is 6.77. The summed E-state index contributed by atoms with van der Waals surface area (Å²) in [5, 5.41) is 2.62. The van der Waals surface area contributed by atoms with Gasteiger partial charge in [-0.25, -0.2) is 0 Å². The van der Waals surface area contributed by atoms with E-state index >= 15 is 0 Å². The average molecular weight is 492 g/mol. The Bertz CT molecular complexity index is 1020. The standard InChI is InChI=1S/C22H22BrNO3S2/c1-5-26-18-9-15(10-19-21(25)24-22(28)29-19)8-17(23)20(18)27-11-16-7-13(3)12(2)6-14(16)4/h6-10H,5,11H2,1-4H3,(H,24,25,28)/b19-10+. The van der Waals surface area contributed by atoms with Gasteiger partial charge in [0, 0.05) is 0 Å². The first-order valence-electron chi connectivity index (χ1n) is 9.19. The molecule has 152 valence electrons. The fraction of sp³-hybridized carbons (Fsp3) is 0.273. The number of nitrogens with one attached hydrogen (secondary N) is 1. The van der Waals surface area contributed by atoms with Gasteiger partial charge in [-0.1, -0.05) is 36.1 Å². The molecule has 0 radical (unpaired) electrons. The van der Waals surface area contributed by atoms with Gasteiger partial charge in [0.25, 0.3) is 5.91 Å². The maximum Gasteiger partial charge on any atom is 0.263 e. The fourth-order valence-corrected chi connectivity index (χ4v) is 4.59. The molecular weight excluding hydrogens is 470 g/mol. The summed E-state index contributed by atoms with van der Waals surface area (Å²) in [7, 11) is 0. The highest BCUT2D eigenvalue weighted by atomic mass is 79.9. The highest BCUT2D eigenvalue weighted by Gasteiger charge is 2.22. The molecule has 1 saturated heterocycles. The van der Waals surface area contributed by atoms with Crippen molar-refractivity contribution < 1.29 is 14.3 Å². The third-order valence-electron chi connectivity index (χ3n) is 4.60. The van der Waals surface area contributed by atoms with Crippen LogP contribution in [-0.4, -0.2) is 16.8 Å². The number of amides is 1. The normalized spacial score (nSPS) is 15.0. The molecule has 0 aromatic heterocycles. The molecule has 0 unspecified atom stereocenters. The maximum absolute atomic E-state index is 11.9. The molecule has 4 nitrogen and oxygen atoms in total. The lowest BCUT2D eigenvalue weighted by Crippen LogP contribution is -2.17. The summed E-state index contributed by atoms with van der Waals surface area (Å²) in [5.74, 6) is 1.09. The zero-order valence-electron chi connectivity index (χ0n) is 16.7. The van der Waals surface area contributed by atoms with Crippen molar-refractivity contribution >= 4 is 56.2 Å². The monoisotopic (exact) mass is 491 g/mol. The van der Waals surface area contributed by atoms with Crippen LogP contribution < -0.4 is 14.8 Å². The second kappa shape index (κ2) is 9.32. The lowest BCUT2D eigenvalue weighted by Gasteiger charge is -2.16. The van der Waals surface area contributed by atoms with Crippen LogP contribution in [0.5, 0.6) is 11.5 Å². The largest absolute Gasteiger partial charge is 0.490 e. The van der Waals surface area contributed by atoms with E-state index < -0.39 is 0 Å². The molecule has 1 fully saturated rings. The quantitative estimate of drug-likeness (QED) is 0.406. The van der Waals surface area contributed by atoms with Crippen molar-refractivity contribution in [2.45, 2.75) is 34.3 Å². The average Bonchev–Trinajstić information content (AvgIpc) is 2.95. The van der Waals surface area contributed by atoms with E-state index in [1.165, 1.54) is 28.5 Å². The molecule has 0 bridgehead atoms. The summed E-state index contributed by atoms with van der Waals surface area (Å²) in [6.45, 7) is 9.18. The van der Waals surface area contributed by atoms with Gasteiger partial charge in [0.1, 0.15) is 10.9 Å². The van der Waals surface area contributed by atoms with Gasteiger partial charge in [0.05, 0.1) is 16.0 Å². The molecule has 7 heteroatoms. The predicted octanol–water partition coefficient (Wildman–Crippen LogP) is 5.84. The zero-order chi connectivity index (χ0) is 21.1. The van der Waals surface area contributed by atoms with Gasteiger partial charge in [-0.15, -0.1) is 0 Å². The fourth-order valence-electron chi connectivity index (χ4n) is 2.97. The van der Waals surface area contributed by atoms with Crippen LogP contribution in [0.25, 0.3) is 6.08 Å². The van der Waals surface area contributed by atoms with Gasteiger partial charge < -0.3 is 14.8 Å². The smallest absolute Gasteiger partial charge is 0.263 e. The Kier molecular flexibility index (Phi) is 7.03. The number of rotatable bonds is 6. The zero-order valence-corrected chi connectivity index (χ0v) is 19.9. The third kappa shape index (κ3) is 5.21. The molecule has 0 aliphatic carbocycles. The van der Waals surface area contributed by atoms with E-state index in [0.29, 0.717) is 33.9 Å². The predicted molar refractivity (Wildman–Crippen MR) is 127 cm³/mol. The highest BCUT2D eigenvalue weighted by molar-refractivity contribution is 9.10. The number of benzene rings is 2. The van der Waals surface area contributed by atoms with Crippen molar-refractivity contribution in [2.24, 2.45) is 0 Å². The van der Waals surface area contributed by atoms with E-state index in [4.69, 9.17) is 21.7 Å². The number of ether oxygens (including phenoxy) is 2. The minimum absolute atomic E-state index is 0.181. The number of hydrogen-bond acceptors (Lipinski definition) is 5. The van der Waals surface area contributed by atoms with E-state index in [0.717, 1.165) is 15.6 Å². The van der Waals surface area contributed by atoms with E-state index in [9.17, 15) is 4.79 Å². The first-order valence-corrected chi connectivity index (χ1v) is 11.2. The van der Waals surface area contributed by atoms with Gasteiger partial charge in [-0.2, -0.15) is 0 Å². The van der Waals surface area contributed by atoms with E-state index in [1.807, 2.05) is 19.1 Å². The molecule has 3 rings (SSSR count). The lowest BCUT2D eigenvalue weighted by molar-refractivity contribution is -0.115. The number of hydrogen-bond donors (Lipinski definition) is 1. The molecule has 1 amide bonds. The number of thiocarbonyl (C=S) groups is 1. The third-order valence-corrected chi connectivity index (χ3v) is 6.35. The summed E-state index contributed by atoms with van der Waals surface area (Å²) in [4.78, 5) is 12.5. The van der Waals surface area contributed by atoms with Crippen molar-refractivity contribution in [3.05, 3.63) is 61.5 Å². The van der Waals surface area contributed by atoms with Crippen LogP contribution in [0, 0.1) is 20.8 Å². The minimum atomic E-state index is -0.181. The Labute approximate surface area is 189 Å². The van der Waals surface area contributed by atoms with Crippen molar-refractivity contribution in [1.29, 1.82) is 0 Å². The maximum atomic E-state index is 11.9. The van der Waals surface area contributed by atoms with E-state index in [1.54, 1.807) is 6.08 Å². The van der Waals surface area contributed by atoms with Crippen LogP contribution >= 0.6 is 39.9 Å². The van der Waals surface area contributed by atoms with Crippen LogP contribution in [0.4, 0.5) is 0 Å². The highest BCUT2D eigenvalue weighted by Crippen LogP contribution is 2.39. The molecule has 1 aliphatic rings. The lowest BCUT2D eigenvalue weighted by atomic mass is 10.0. The SMILES string of the molecule is CCOc1cc(/C=C2/SC(=S)NC2=O)cc(Br)c1OCc1cc(C)c(C)cc1C. The number of carbonyl (C=O) groups excluding carboxylic acids is 1. The molecule has 1 aliphatic heterocycles. The van der Waals surface area contributed by atoms with Gasteiger partial charge in [0.15, 0.2) is 11.5 Å². The summed E-state index contributed by atoms with van der Waals surface area (Å²) in [6.07, 6.45) is 1.80. The van der Waals surface area contributed by atoms with Crippen LogP contribution in [0.15, 0.2) is 33.6 Å². The Morgan fingerprint density at radius 2 is 1.83 bits per heavy atom. The summed E-state index contributed by atoms with van der Waals surface area (Å²) in [5.41, 5.74) is 5.68. The molecule has 29 heavy (non-hydrogen) atoms. The van der Waals surface area contributed by atoms with Crippen molar-refractivity contribution in [3.63, 3.8) is 0 Å². The molecule has 2 aromatic carbocycles. The first kappa shape index (κ1) is 21.9. The van der Waals surface area contributed by atoms with Crippen molar-refractivity contribution in [1.82, 2.24) is 5.32 Å². The van der Waals surface area contributed by atoms with Crippen LogP contribution in [0.1, 0.15) is 34.7 Å². The molecule has 0 atom stereocenters. The number of thioether (sulfide) groups is 1. The number of carbonyl (C=O) groups is 1. The topological polar surface area (TPSA) is 47.6 Å². The van der Waals surface area contributed by atoms with E-state index in [2.05, 4.69) is 54.2 Å². The van der Waals surface area contributed by atoms with Crippen LogP contribution in [-0.2, 0) is 11.4 Å². The summed E-state index contributed by atoms with van der Waals surface area (Å²) in [6, 6.07) is 8.12. The van der Waals surface area contributed by atoms with Gasteiger partial charge in [-0.3, -0.25) is 4.79 Å². The Morgan fingerprint density at radius 1 is 1.10 bits per heavy atom. The Morgan fingerprint density at radius 3 is 2.48 bits per heavy atom. The first-order chi connectivity index (χ1) is 13.8. The Hall–Kier alpha value is -1.83. The number of halogens is 1. The molecule has 0 saturated carbocycles. The summed E-state index contributed by atoms with van der Waals surface area (Å²) >= 11 is 9.90. The second-order valence-corrected chi connectivity index (χ2v) is 9.34. The summed E-state index contributed by atoms with van der Waals surface area (Å²) < 4.78 is 13.2. The molecule has 1 N–H and O–H groups in total. The number of aryl methyl sites for hydroxylation is 3. The van der Waals surface area contributed by atoms with Gasteiger partial charge >= 0.3 is 0 Å². The van der Waals surface area contributed by atoms with Crippen molar-refractivity contribution in [2.75, 3.05) is 6.61 Å². The van der Waals surface area contributed by atoms with Crippen molar-refractivity contribution in [3.8, 4) is 11.5 Å². The van der Waals surface area contributed by atoms with E-state index in [-0.39, 0.29) is 5.91 Å². The van der Waals surface area contributed by atoms with Gasteiger partial charge in [0.2, 0.25) is 0 Å². The molecule has 1 heterocycles. The molecular formula is C22H22BrNO3S2. The molecule has 2 aromatic rings. The molecule has 0 spiro atoms. The van der Waals surface area contributed by atoms with Gasteiger partial charge in [-0.05, 0) is 89.7 Å². The minimum Gasteiger partial charge on any atom is -0.490 e. The van der Waals surface area contributed by atoms with Crippen LogP contribution in [0.2, 0.25) is 0 Å². The van der Waals surface area contributed by atoms with Crippen LogP contribution in [0.3, 0.4) is 0 Å².